The summed E-state index contributed by atoms with van der Waals surface area (Å²) in [6.07, 6.45) is 7.40. The Bertz CT molecular complexity index is 864. The summed E-state index contributed by atoms with van der Waals surface area (Å²) in [4.78, 5) is 6.08. The summed E-state index contributed by atoms with van der Waals surface area (Å²) in [5, 5.41) is 2.07. The molecule has 0 saturated heterocycles. The van der Waals surface area contributed by atoms with Crippen LogP contribution in [0.2, 0.25) is 0 Å². The van der Waals surface area contributed by atoms with Crippen LogP contribution in [0.1, 0.15) is 27.4 Å². The standard InChI is InChI=1S/C21H18BrNS/c1-15-14-23-20(24-15)21(12-6-7-13-22)18-10-4-2-8-16(18)17-9-3-5-11-19(17)21/h2-11,14H,12-13H2,1H3. The van der Waals surface area contributed by atoms with Crippen LogP contribution in [-0.4, -0.2) is 10.3 Å². The number of benzene rings is 2. The molecule has 0 fully saturated rings. The molecule has 0 N–H and O–H groups in total. The van der Waals surface area contributed by atoms with Crippen molar-refractivity contribution in [1.29, 1.82) is 0 Å². The average molecular weight is 396 g/mol. The zero-order chi connectivity index (χ0) is 16.6. The van der Waals surface area contributed by atoms with Crippen molar-refractivity contribution < 1.29 is 0 Å². The molecule has 0 spiro atoms. The molecule has 3 aromatic rings. The zero-order valence-corrected chi connectivity index (χ0v) is 15.9. The molecular weight excluding hydrogens is 378 g/mol. The largest absolute Gasteiger partial charge is 0.248 e. The van der Waals surface area contributed by atoms with Crippen LogP contribution in [0.4, 0.5) is 0 Å². The van der Waals surface area contributed by atoms with E-state index >= 15 is 0 Å². The van der Waals surface area contributed by atoms with E-state index in [-0.39, 0.29) is 5.41 Å². The fourth-order valence-electron chi connectivity index (χ4n) is 3.74. The molecule has 0 radical (unpaired) electrons. The number of halogens is 1. The number of hydrogen-bond acceptors (Lipinski definition) is 2. The Labute approximate surface area is 155 Å². The van der Waals surface area contributed by atoms with Crippen LogP contribution in [0.5, 0.6) is 0 Å². The maximum Gasteiger partial charge on any atom is 0.108 e. The van der Waals surface area contributed by atoms with Gasteiger partial charge in [-0.3, -0.25) is 0 Å². The van der Waals surface area contributed by atoms with Gasteiger partial charge in [0.2, 0.25) is 0 Å². The molecule has 0 bridgehead atoms. The summed E-state index contributed by atoms with van der Waals surface area (Å²) in [5.74, 6) is 0. The van der Waals surface area contributed by atoms with E-state index in [1.807, 2.05) is 17.5 Å². The lowest BCUT2D eigenvalue weighted by Crippen LogP contribution is -2.26. The molecule has 1 nitrogen and oxygen atoms in total. The highest BCUT2D eigenvalue weighted by molar-refractivity contribution is 9.09. The predicted molar refractivity (Wildman–Crippen MR) is 106 cm³/mol. The molecule has 120 valence electrons. The van der Waals surface area contributed by atoms with Gasteiger partial charge in [0, 0.05) is 16.4 Å². The van der Waals surface area contributed by atoms with Crippen LogP contribution in [0.15, 0.2) is 66.9 Å². The highest BCUT2D eigenvalue weighted by Crippen LogP contribution is 2.55. The van der Waals surface area contributed by atoms with E-state index in [1.165, 1.54) is 32.1 Å². The molecule has 2 aromatic carbocycles. The Hall–Kier alpha value is -1.71. The quantitative estimate of drug-likeness (QED) is 0.383. The first kappa shape index (κ1) is 15.8. The van der Waals surface area contributed by atoms with Crippen molar-refractivity contribution in [3.05, 3.63) is 87.9 Å². The van der Waals surface area contributed by atoms with Crippen molar-refractivity contribution in [1.82, 2.24) is 4.98 Å². The van der Waals surface area contributed by atoms with Gasteiger partial charge in [-0.15, -0.1) is 11.3 Å². The van der Waals surface area contributed by atoms with Crippen molar-refractivity contribution in [3.8, 4) is 11.1 Å². The van der Waals surface area contributed by atoms with Crippen molar-refractivity contribution in [3.63, 3.8) is 0 Å². The van der Waals surface area contributed by atoms with Gasteiger partial charge in [0.15, 0.2) is 0 Å². The van der Waals surface area contributed by atoms with Crippen LogP contribution in [0.25, 0.3) is 11.1 Å². The van der Waals surface area contributed by atoms with Crippen LogP contribution in [0.3, 0.4) is 0 Å². The molecule has 0 amide bonds. The number of nitrogens with zero attached hydrogens (tertiary/aromatic N) is 1. The monoisotopic (exact) mass is 395 g/mol. The third-order valence-electron chi connectivity index (χ3n) is 4.73. The van der Waals surface area contributed by atoms with Gasteiger partial charge in [0.1, 0.15) is 5.01 Å². The lowest BCUT2D eigenvalue weighted by molar-refractivity contribution is 0.639. The maximum atomic E-state index is 4.82. The van der Waals surface area contributed by atoms with Gasteiger partial charge in [-0.25, -0.2) is 4.98 Å². The summed E-state index contributed by atoms with van der Waals surface area (Å²) < 4.78 is 0. The van der Waals surface area contributed by atoms with Gasteiger partial charge < -0.3 is 0 Å². The minimum atomic E-state index is -0.176. The molecule has 0 atom stereocenters. The van der Waals surface area contributed by atoms with E-state index in [9.17, 15) is 0 Å². The molecule has 0 aliphatic heterocycles. The van der Waals surface area contributed by atoms with Gasteiger partial charge in [-0.05, 0) is 35.6 Å². The number of rotatable bonds is 4. The lowest BCUT2D eigenvalue weighted by Gasteiger charge is -2.29. The number of hydrogen-bond donors (Lipinski definition) is 0. The molecule has 3 heteroatoms. The molecule has 4 rings (SSSR count). The highest BCUT2D eigenvalue weighted by Gasteiger charge is 2.45. The normalized spacial score (nSPS) is 14.8. The number of fused-ring (bicyclic) bond motifs is 3. The lowest BCUT2D eigenvalue weighted by atomic mass is 9.76. The number of aromatic nitrogens is 1. The van der Waals surface area contributed by atoms with E-state index in [4.69, 9.17) is 4.98 Å². The van der Waals surface area contributed by atoms with Gasteiger partial charge in [-0.2, -0.15) is 0 Å². The fraction of sp³-hybridized carbons (Fsp3) is 0.190. The maximum absolute atomic E-state index is 4.82. The molecule has 1 aliphatic carbocycles. The summed E-state index contributed by atoms with van der Waals surface area (Å²) in [7, 11) is 0. The number of aryl methyl sites for hydroxylation is 1. The second-order valence-corrected chi connectivity index (χ2v) is 7.98. The Morgan fingerprint density at radius 1 is 1.00 bits per heavy atom. The predicted octanol–water partition coefficient (Wildman–Crippen LogP) is 6.11. The third-order valence-corrected chi connectivity index (χ3v) is 6.18. The molecule has 1 heterocycles. The molecule has 1 aromatic heterocycles. The van der Waals surface area contributed by atoms with E-state index < -0.39 is 0 Å². The summed E-state index contributed by atoms with van der Waals surface area (Å²) >= 11 is 5.31. The number of allylic oxidation sites excluding steroid dienone is 2. The SMILES string of the molecule is Cc1cnc(C2(CC=CCBr)c3ccccc3-c3ccccc32)s1. The summed E-state index contributed by atoms with van der Waals surface area (Å²) in [6, 6.07) is 17.6. The minimum absolute atomic E-state index is 0.176. The topological polar surface area (TPSA) is 12.9 Å². The van der Waals surface area contributed by atoms with Gasteiger partial charge >= 0.3 is 0 Å². The second-order valence-electron chi connectivity index (χ2n) is 6.10. The van der Waals surface area contributed by atoms with Gasteiger partial charge in [0.25, 0.3) is 0 Å². The molecule has 0 unspecified atom stereocenters. The van der Waals surface area contributed by atoms with E-state index in [0.29, 0.717) is 0 Å². The van der Waals surface area contributed by atoms with Crippen LogP contribution < -0.4 is 0 Å². The first-order valence-corrected chi connectivity index (χ1v) is 10.0. The van der Waals surface area contributed by atoms with E-state index in [0.717, 1.165) is 11.8 Å². The Kier molecular flexibility index (Phi) is 4.15. The van der Waals surface area contributed by atoms with Crippen LogP contribution in [-0.2, 0) is 5.41 Å². The number of thiazole rings is 1. The third kappa shape index (κ3) is 2.30. The van der Waals surface area contributed by atoms with Gasteiger partial charge in [0.05, 0.1) is 5.41 Å². The van der Waals surface area contributed by atoms with E-state index in [1.54, 1.807) is 0 Å². The highest BCUT2D eigenvalue weighted by atomic mass is 79.9. The van der Waals surface area contributed by atoms with Crippen LogP contribution in [0, 0.1) is 6.92 Å². The van der Waals surface area contributed by atoms with Crippen molar-refractivity contribution >= 4 is 27.3 Å². The Morgan fingerprint density at radius 2 is 1.62 bits per heavy atom. The van der Waals surface area contributed by atoms with E-state index in [2.05, 4.69) is 83.5 Å². The Morgan fingerprint density at radius 3 is 2.17 bits per heavy atom. The molecular formula is C21H18BrNS. The Balaban J connectivity index is 2.03. The first-order valence-electron chi connectivity index (χ1n) is 8.10. The van der Waals surface area contributed by atoms with Crippen molar-refractivity contribution in [2.45, 2.75) is 18.8 Å². The average Bonchev–Trinajstić information content (AvgIpc) is 3.17. The summed E-state index contributed by atoms with van der Waals surface area (Å²) in [6.45, 7) is 2.13. The molecule has 1 aliphatic rings. The smallest absolute Gasteiger partial charge is 0.108 e. The second kappa shape index (κ2) is 6.30. The first-order chi connectivity index (χ1) is 11.8. The van der Waals surface area contributed by atoms with Gasteiger partial charge in [-0.1, -0.05) is 76.6 Å². The number of alkyl halides is 1. The van der Waals surface area contributed by atoms with Crippen molar-refractivity contribution in [2.24, 2.45) is 0 Å². The molecule has 24 heavy (non-hydrogen) atoms. The fourth-order valence-corrected chi connectivity index (χ4v) is 5.00. The van der Waals surface area contributed by atoms with Crippen molar-refractivity contribution in [2.75, 3.05) is 5.33 Å². The van der Waals surface area contributed by atoms with Crippen LogP contribution >= 0.6 is 27.3 Å². The molecule has 0 saturated carbocycles. The summed E-state index contributed by atoms with van der Waals surface area (Å²) in [5.41, 5.74) is 5.26. The minimum Gasteiger partial charge on any atom is -0.248 e. The zero-order valence-electron chi connectivity index (χ0n) is 13.5.